The Morgan fingerprint density at radius 3 is 2.38 bits per heavy atom. The molecular weight excluding hydrogens is 338 g/mol. The fraction of sp³-hybridized carbons (Fsp3) is 0. The number of nitrogens with one attached hydrogen (secondary N) is 2. The second-order valence-corrected chi connectivity index (χ2v) is 5.06. The van der Waals surface area contributed by atoms with Crippen molar-refractivity contribution in [3.8, 4) is 0 Å². The van der Waals surface area contributed by atoms with Gasteiger partial charge in [0.2, 0.25) is 0 Å². The van der Waals surface area contributed by atoms with E-state index in [0.29, 0.717) is 5.69 Å². The topological polar surface area (TPSA) is 88.8 Å². The summed E-state index contributed by atoms with van der Waals surface area (Å²) >= 11 is 5.97. The molecule has 0 atom stereocenters. The highest BCUT2D eigenvalue weighted by molar-refractivity contribution is 6.32. The van der Waals surface area contributed by atoms with Crippen molar-refractivity contribution in [2.24, 2.45) is 0 Å². The number of benzene rings is 1. The van der Waals surface area contributed by atoms with Crippen LogP contribution in [0, 0.1) is 11.6 Å². The highest BCUT2D eigenvalue weighted by atomic mass is 35.5. The van der Waals surface area contributed by atoms with Crippen LogP contribution in [0.4, 0.5) is 37.5 Å². The molecule has 0 spiro atoms. The molecule has 24 heavy (non-hydrogen) atoms. The van der Waals surface area contributed by atoms with Gasteiger partial charge in [0, 0.05) is 12.3 Å². The number of aromatic nitrogens is 3. The summed E-state index contributed by atoms with van der Waals surface area (Å²) in [7, 11) is 0. The molecule has 2 heterocycles. The van der Waals surface area contributed by atoms with Crippen molar-refractivity contribution in [2.75, 3.05) is 16.4 Å². The van der Waals surface area contributed by atoms with Crippen molar-refractivity contribution < 1.29 is 8.78 Å². The SMILES string of the molecule is Nc1c(Nc2cc(F)ccc2F)ncnc1Nc1cccnc1Cl. The maximum atomic E-state index is 13.7. The first-order valence-electron chi connectivity index (χ1n) is 6.74. The summed E-state index contributed by atoms with van der Waals surface area (Å²) in [6.45, 7) is 0. The fourth-order valence-corrected chi connectivity index (χ4v) is 2.09. The van der Waals surface area contributed by atoms with Crippen molar-refractivity contribution in [3.63, 3.8) is 0 Å². The molecule has 3 aromatic rings. The molecule has 122 valence electrons. The van der Waals surface area contributed by atoms with Gasteiger partial charge < -0.3 is 16.4 Å². The summed E-state index contributed by atoms with van der Waals surface area (Å²) in [5.74, 6) is -0.859. The minimum Gasteiger partial charge on any atom is -0.393 e. The number of nitrogens with zero attached hydrogens (tertiary/aromatic N) is 3. The summed E-state index contributed by atoms with van der Waals surface area (Å²) < 4.78 is 27.0. The predicted molar refractivity (Wildman–Crippen MR) is 88.6 cm³/mol. The van der Waals surface area contributed by atoms with Gasteiger partial charge in [0.25, 0.3) is 0 Å². The van der Waals surface area contributed by atoms with E-state index < -0.39 is 11.6 Å². The van der Waals surface area contributed by atoms with E-state index in [9.17, 15) is 8.78 Å². The zero-order valence-electron chi connectivity index (χ0n) is 12.1. The molecule has 0 aliphatic rings. The van der Waals surface area contributed by atoms with Crippen LogP contribution in [0.3, 0.4) is 0 Å². The molecule has 0 bridgehead atoms. The molecule has 0 aliphatic heterocycles. The van der Waals surface area contributed by atoms with Gasteiger partial charge in [0.1, 0.15) is 23.6 Å². The molecular formula is C15H11ClF2N6. The Hall–Kier alpha value is -3.00. The molecule has 0 saturated heterocycles. The highest BCUT2D eigenvalue weighted by Crippen LogP contribution is 2.30. The molecule has 1 aromatic carbocycles. The molecule has 6 nitrogen and oxygen atoms in total. The Morgan fingerprint density at radius 1 is 0.958 bits per heavy atom. The lowest BCUT2D eigenvalue weighted by atomic mass is 10.3. The lowest BCUT2D eigenvalue weighted by Crippen LogP contribution is -2.06. The van der Waals surface area contributed by atoms with Gasteiger partial charge in [0.15, 0.2) is 16.8 Å². The zero-order valence-corrected chi connectivity index (χ0v) is 12.9. The number of anilines is 5. The normalized spacial score (nSPS) is 10.5. The monoisotopic (exact) mass is 348 g/mol. The quantitative estimate of drug-likeness (QED) is 0.620. The smallest absolute Gasteiger partial charge is 0.159 e. The van der Waals surface area contributed by atoms with Crippen LogP contribution in [0.2, 0.25) is 5.15 Å². The highest BCUT2D eigenvalue weighted by Gasteiger charge is 2.12. The number of nitrogen functional groups attached to an aromatic ring is 1. The van der Waals surface area contributed by atoms with Gasteiger partial charge in [0.05, 0.1) is 11.4 Å². The van der Waals surface area contributed by atoms with Gasteiger partial charge in [-0.1, -0.05) is 11.6 Å². The lowest BCUT2D eigenvalue weighted by molar-refractivity contribution is 0.603. The van der Waals surface area contributed by atoms with Crippen LogP contribution in [0.5, 0.6) is 0 Å². The van der Waals surface area contributed by atoms with Crippen LogP contribution in [-0.2, 0) is 0 Å². The van der Waals surface area contributed by atoms with Crippen molar-refractivity contribution >= 4 is 40.3 Å². The average molecular weight is 349 g/mol. The molecule has 0 amide bonds. The Morgan fingerprint density at radius 2 is 1.67 bits per heavy atom. The molecule has 2 aromatic heterocycles. The number of rotatable bonds is 4. The van der Waals surface area contributed by atoms with Crippen molar-refractivity contribution in [1.82, 2.24) is 15.0 Å². The first-order chi connectivity index (χ1) is 11.5. The average Bonchev–Trinajstić information content (AvgIpc) is 2.56. The number of pyridine rings is 1. The second-order valence-electron chi connectivity index (χ2n) is 4.70. The van der Waals surface area contributed by atoms with Crippen LogP contribution in [0.25, 0.3) is 0 Å². The van der Waals surface area contributed by atoms with Gasteiger partial charge in [-0.25, -0.2) is 23.7 Å². The summed E-state index contributed by atoms with van der Waals surface area (Å²) in [4.78, 5) is 11.9. The third kappa shape index (κ3) is 3.33. The molecule has 0 fully saturated rings. The number of nitrogens with two attached hydrogens (primary N) is 1. The molecule has 0 radical (unpaired) electrons. The Labute approximate surface area is 140 Å². The van der Waals surface area contributed by atoms with Crippen LogP contribution >= 0.6 is 11.6 Å². The zero-order chi connectivity index (χ0) is 17.1. The van der Waals surface area contributed by atoms with E-state index in [-0.39, 0.29) is 28.2 Å². The van der Waals surface area contributed by atoms with Crippen LogP contribution in [0.1, 0.15) is 0 Å². The molecule has 9 heteroatoms. The first kappa shape index (κ1) is 15.9. The van der Waals surface area contributed by atoms with E-state index in [4.69, 9.17) is 17.3 Å². The fourth-order valence-electron chi connectivity index (χ4n) is 1.92. The maximum Gasteiger partial charge on any atom is 0.159 e. The van der Waals surface area contributed by atoms with Gasteiger partial charge in [-0.15, -0.1) is 0 Å². The molecule has 3 rings (SSSR count). The summed E-state index contributed by atoms with van der Waals surface area (Å²) in [5.41, 5.74) is 6.50. The summed E-state index contributed by atoms with van der Waals surface area (Å²) in [5, 5.41) is 5.79. The summed E-state index contributed by atoms with van der Waals surface area (Å²) in [6.07, 6.45) is 2.76. The molecule has 0 aliphatic carbocycles. The van der Waals surface area contributed by atoms with E-state index in [1.165, 1.54) is 12.5 Å². The first-order valence-corrected chi connectivity index (χ1v) is 7.12. The largest absolute Gasteiger partial charge is 0.393 e. The second kappa shape index (κ2) is 6.63. The van der Waals surface area contributed by atoms with Crippen LogP contribution in [0.15, 0.2) is 42.9 Å². The van der Waals surface area contributed by atoms with Gasteiger partial charge in [-0.05, 0) is 24.3 Å². The van der Waals surface area contributed by atoms with Gasteiger partial charge >= 0.3 is 0 Å². The van der Waals surface area contributed by atoms with Crippen molar-refractivity contribution in [2.45, 2.75) is 0 Å². The third-order valence-corrected chi connectivity index (χ3v) is 3.38. The van der Waals surface area contributed by atoms with E-state index in [0.717, 1.165) is 18.2 Å². The number of hydrogen-bond donors (Lipinski definition) is 3. The lowest BCUT2D eigenvalue weighted by Gasteiger charge is -2.13. The maximum absolute atomic E-state index is 13.7. The Balaban J connectivity index is 1.91. The van der Waals surface area contributed by atoms with Crippen molar-refractivity contribution in [1.29, 1.82) is 0 Å². The van der Waals surface area contributed by atoms with E-state index >= 15 is 0 Å². The standard InChI is InChI=1S/C15H11ClF2N6/c16-13-10(2-1-5-20-13)23-14-12(19)15(22-7-21-14)24-11-6-8(17)3-4-9(11)18/h1-7H,19H2,(H2,21,22,23,24). The van der Waals surface area contributed by atoms with Crippen LogP contribution < -0.4 is 16.4 Å². The predicted octanol–water partition coefficient (Wildman–Crippen LogP) is 3.87. The molecule has 4 N–H and O–H groups in total. The van der Waals surface area contributed by atoms with E-state index in [1.54, 1.807) is 12.1 Å². The molecule has 0 saturated carbocycles. The van der Waals surface area contributed by atoms with E-state index in [2.05, 4.69) is 25.6 Å². The summed E-state index contributed by atoms with van der Waals surface area (Å²) in [6, 6.07) is 6.40. The van der Waals surface area contributed by atoms with E-state index in [1.807, 2.05) is 0 Å². The Kier molecular flexibility index (Phi) is 4.39. The van der Waals surface area contributed by atoms with Crippen LogP contribution in [-0.4, -0.2) is 15.0 Å². The minimum absolute atomic E-state index is 0.0919. The Bertz CT molecular complexity index is 890. The van der Waals surface area contributed by atoms with Gasteiger partial charge in [-0.3, -0.25) is 0 Å². The minimum atomic E-state index is -0.640. The molecule has 0 unspecified atom stereocenters. The number of hydrogen-bond acceptors (Lipinski definition) is 6. The van der Waals surface area contributed by atoms with Crippen molar-refractivity contribution in [3.05, 3.63) is 59.6 Å². The third-order valence-electron chi connectivity index (χ3n) is 3.08. The number of halogens is 3. The van der Waals surface area contributed by atoms with Gasteiger partial charge in [-0.2, -0.15) is 0 Å².